The van der Waals surface area contributed by atoms with Crippen LogP contribution in [0.4, 0.5) is 8.78 Å². The van der Waals surface area contributed by atoms with Crippen LogP contribution in [0.15, 0.2) is 18.2 Å². The van der Waals surface area contributed by atoms with E-state index < -0.39 is 29.3 Å². The maximum atomic E-state index is 14.3. The first kappa shape index (κ1) is 19.3. The number of carbonyl (C=O) groups excluding carboxylic acids is 2. The monoisotopic (exact) mass is 429 g/mol. The fraction of sp³-hybridized carbons (Fsp3) is 0.579. The van der Waals surface area contributed by atoms with Crippen molar-refractivity contribution in [2.24, 2.45) is 0 Å². The molecule has 0 aromatic heterocycles. The van der Waals surface area contributed by atoms with Gasteiger partial charge in [-0.1, -0.05) is 28.1 Å². The number of hydrogen-bond donors (Lipinski definition) is 0. The number of rotatable bonds is 4. The van der Waals surface area contributed by atoms with E-state index in [0.717, 1.165) is 0 Å². The fourth-order valence-electron chi connectivity index (χ4n) is 3.47. The predicted molar refractivity (Wildman–Crippen MR) is 97.0 cm³/mol. The van der Waals surface area contributed by atoms with Crippen molar-refractivity contribution >= 4 is 27.8 Å². The molecule has 1 aromatic rings. The third kappa shape index (κ3) is 3.50. The Balaban J connectivity index is 1.89. The number of halogens is 3. The average Bonchev–Trinajstić information content (AvgIpc) is 3.19. The van der Waals surface area contributed by atoms with Crippen molar-refractivity contribution in [2.45, 2.75) is 50.6 Å². The maximum absolute atomic E-state index is 14.3. The van der Waals surface area contributed by atoms with E-state index in [0.29, 0.717) is 16.7 Å². The van der Waals surface area contributed by atoms with Crippen LogP contribution in [-0.2, 0) is 14.9 Å². The molecule has 2 aliphatic rings. The number of alkyl halides is 3. The van der Waals surface area contributed by atoms with Crippen LogP contribution in [-0.4, -0.2) is 47.0 Å². The molecule has 1 saturated carbocycles. The molecule has 0 radical (unpaired) electrons. The Labute approximate surface area is 160 Å². The second kappa shape index (κ2) is 6.59. The summed E-state index contributed by atoms with van der Waals surface area (Å²) in [5.74, 6) is -0.878. The molecular formula is C19H22BrF2NO3. The van der Waals surface area contributed by atoms with Gasteiger partial charge >= 0.3 is 5.97 Å². The Morgan fingerprint density at radius 3 is 2.65 bits per heavy atom. The Hall–Kier alpha value is -1.50. The molecular weight excluding hydrogens is 408 g/mol. The molecule has 4 nitrogen and oxygen atoms in total. The Morgan fingerprint density at radius 1 is 1.46 bits per heavy atom. The van der Waals surface area contributed by atoms with Crippen molar-refractivity contribution < 1.29 is 23.1 Å². The molecule has 1 amide bonds. The van der Waals surface area contributed by atoms with Crippen molar-refractivity contribution in [3.05, 3.63) is 34.9 Å². The third-order valence-corrected chi connectivity index (χ3v) is 5.36. The Kier molecular flexibility index (Phi) is 4.88. The van der Waals surface area contributed by atoms with Gasteiger partial charge in [0.15, 0.2) is 0 Å². The molecule has 1 spiro atoms. The quantitative estimate of drug-likeness (QED) is 0.538. The molecule has 3 atom stereocenters. The molecule has 1 aliphatic heterocycles. The maximum Gasteiger partial charge on any atom is 0.326 e. The van der Waals surface area contributed by atoms with E-state index in [-0.39, 0.29) is 30.7 Å². The van der Waals surface area contributed by atoms with Crippen LogP contribution in [0.5, 0.6) is 0 Å². The van der Waals surface area contributed by atoms with Crippen LogP contribution < -0.4 is 0 Å². The second-order valence-electron chi connectivity index (χ2n) is 8.00. The topological polar surface area (TPSA) is 46.6 Å². The van der Waals surface area contributed by atoms with Gasteiger partial charge in [0.05, 0.1) is 0 Å². The van der Waals surface area contributed by atoms with Crippen LogP contribution in [0.25, 0.3) is 0 Å². The Bertz CT molecular complexity index is 749. The highest BCUT2D eigenvalue weighted by molar-refractivity contribution is 9.09. The highest BCUT2D eigenvalue weighted by atomic mass is 79.9. The summed E-state index contributed by atoms with van der Waals surface area (Å²) in [5, 5.41) is 0.135. The average molecular weight is 430 g/mol. The third-order valence-electron chi connectivity index (χ3n) is 4.79. The van der Waals surface area contributed by atoms with Crippen LogP contribution in [0, 0.1) is 0 Å². The zero-order valence-corrected chi connectivity index (χ0v) is 16.6. The molecule has 1 aromatic carbocycles. The molecule has 7 heteroatoms. The smallest absolute Gasteiger partial charge is 0.326 e. The summed E-state index contributed by atoms with van der Waals surface area (Å²) >= 11 is 3.10. The molecule has 142 valence electrons. The summed E-state index contributed by atoms with van der Waals surface area (Å²) in [6, 6.07) is 4.68. The summed E-state index contributed by atoms with van der Waals surface area (Å²) < 4.78 is 33.6. The normalized spacial score (nSPS) is 25.8. The van der Waals surface area contributed by atoms with Crippen molar-refractivity contribution in [1.29, 1.82) is 0 Å². The van der Waals surface area contributed by atoms with Gasteiger partial charge < -0.3 is 9.64 Å². The van der Waals surface area contributed by atoms with E-state index in [9.17, 15) is 18.4 Å². The SMILES string of the molecule is CC(C)(C)OC(=O)CN1C[C@@]2(C[C@@H]2F)c2cc(C(F)CBr)ccc2C1=O. The first-order valence-corrected chi connectivity index (χ1v) is 9.69. The molecule has 0 N–H and O–H groups in total. The first-order chi connectivity index (χ1) is 12.1. The van der Waals surface area contributed by atoms with Crippen LogP contribution in [0.3, 0.4) is 0 Å². The van der Waals surface area contributed by atoms with E-state index in [1.54, 1.807) is 32.9 Å². The number of esters is 1. The lowest BCUT2D eigenvalue weighted by atomic mass is 9.84. The fourth-order valence-corrected chi connectivity index (χ4v) is 3.85. The van der Waals surface area contributed by atoms with Crippen molar-refractivity contribution in [1.82, 2.24) is 4.90 Å². The van der Waals surface area contributed by atoms with Crippen LogP contribution in [0.1, 0.15) is 54.8 Å². The number of carbonyl (C=O) groups is 2. The van der Waals surface area contributed by atoms with Gasteiger partial charge in [-0.25, -0.2) is 8.78 Å². The summed E-state index contributed by atoms with van der Waals surface area (Å²) in [6.45, 7) is 5.12. The van der Waals surface area contributed by atoms with Crippen LogP contribution >= 0.6 is 15.9 Å². The van der Waals surface area contributed by atoms with Gasteiger partial charge in [0.1, 0.15) is 24.5 Å². The molecule has 1 heterocycles. The van der Waals surface area contributed by atoms with E-state index in [1.165, 1.54) is 11.0 Å². The van der Waals surface area contributed by atoms with Crippen molar-refractivity contribution in [3.8, 4) is 0 Å². The van der Waals surface area contributed by atoms with E-state index >= 15 is 0 Å². The predicted octanol–water partition coefficient (Wildman–Crippen LogP) is 3.87. The lowest BCUT2D eigenvalue weighted by Gasteiger charge is -2.35. The number of amides is 1. The number of ether oxygens (including phenoxy) is 1. The minimum Gasteiger partial charge on any atom is -0.459 e. The van der Waals surface area contributed by atoms with Gasteiger partial charge in [-0.05, 0) is 44.4 Å². The summed E-state index contributed by atoms with van der Waals surface area (Å²) in [5.41, 5.74) is -0.184. The lowest BCUT2D eigenvalue weighted by molar-refractivity contribution is -0.155. The van der Waals surface area contributed by atoms with Gasteiger partial charge in [0, 0.05) is 22.9 Å². The number of fused-ring (bicyclic) bond motifs is 2. The highest BCUT2D eigenvalue weighted by Gasteiger charge is 2.61. The molecule has 1 unspecified atom stereocenters. The molecule has 1 aliphatic carbocycles. The molecule has 1 fully saturated rings. The molecule has 0 saturated heterocycles. The van der Waals surface area contributed by atoms with Gasteiger partial charge in [-0.3, -0.25) is 9.59 Å². The number of hydrogen-bond acceptors (Lipinski definition) is 3. The second-order valence-corrected chi connectivity index (χ2v) is 8.65. The minimum absolute atomic E-state index is 0.105. The standard InChI is InChI=1S/C19H22BrF2NO3/c1-18(2,3)26-16(24)9-23-10-19(7-15(19)22)13-6-11(14(21)8-20)4-5-12(13)17(23)25/h4-6,14-15H,7-10H2,1-3H3/t14?,15-,19-/m0/s1. The number of benzene rings is 1. The van der Waals surface area contributed by atoms with E-state index in [1.807, 2.05) is 0 Å². The first-order valence-electron chi connectivity index (χ1n) is 8.57. The molecule has 3 rings (SSSR count). The summed E-state index contributed by atoms with van der Waals surface area (Å²) in [6.07, 6.45) is -2.05. The Morgan fingerprint density at radius 2 is 2.12 bits per heavy atom. The van der Waals surface area contributed by atoms with Crippen molar-refractivity contribution in [2.75, 3.05) is 18.4 Å². The zero-order valence-electron chi connectivity index (χ0n) is 15.0. The largest absolute Gasteiger partial charge is 0.459 e. The van der Waals surface area contributed by atoms with Gasteiger partial charge in [-0.2, -0.15) is 0 Å². The highest BCUT2D eigenvalue weighted by Crippen LogP contribution is 2.55. The summed E-state index contributed by atoms with van der Waals surface area (Å²) in [7, 11) is 0. The number of nitrogens with zero attached hydrogens (tertiary/aromatic N) is 1. The zero-order chi connectivity index (χ0) is 19.3. The van der Waals surface area contributed by atoms with Gasteiger partial charge in [0.25, 0.3) is 5.91 Å². The van der Waals surface area contributed by atoms with Gasteiger partial charge in [0.2, 0.25) is 0 Å². The summed E-state index contributed by atoms with van der Waals surface area (Å²) in [4.78, 5) is 26.2. The van der Waals surface area contributed by atoms with Gasteiger partial charge in [-0.15, -0.1) is 0 Å². The minimum atomic E-state index is -1.22. The van der Waals surface area contributed by atoms with E-state index in [2.05, 4.69) is 15.9 Å². The molecule has 0 bridgehead atoms. The lowest BCUT2D eigenvalue weighted by Crippen LogP contribution is -2.47. The van der Waals surface area contributed by atoms with Crippen molar-refractivity contribution in [3.63, 3.8) is 0 Å². The van der Waals surface area contributed by atoms with E-state index in [4.69, 9.17) is 4.74 Å². The van der Waals surface area contributed by atoms with Crippen LogP contribution in [0.2, 0.25) is 0 Å². The molecule has 26 heavy (non-hydrogen) atoms.